The standard InChI is InChI=1S/C17H34N2/c1-13(2)16-6-5-7-17(10-16)18-11-15-8-9-19(12-15)14(3)4/h13-18H,5-12H2,1-4H3. The third-order valence-electron chi connectivity index (χ3n) is 5.40. The molecule has 2 aliphatic rings. The molecule has 0 radical (unpaired) electrons. The quantitative estimate of drug-likeness (QED) is 0.819. The maximum Gasteiger partial charge on any atom is 0.00699 e. The monoisotopic (exact) mass is 266 g/mol. The van der Waals surface area contributed by atoms with Gasteiger partial charge in [0.1, 0.15) is 0 Å². The van der Waals surface area contributed by atoms with Crippen LogP contribution in [0, 0.1) is 17.8 Å². The number of rotatable bonds is 5. The molecule has 2 heteroatoms. The molecule has 2 nitrogen and oxygen atoms in total. The summed E-state index contributed by atoms with van der Waals surface area (Å²) in [4.78, 5) is 2.63. The lowest BCUT2D eigenvalue weighted by molar-refractivity contribution is 0.222. The van der Waals surface area contributed by atoms with Crippen LogP contribution >= 0.6 is 0 Å². The molecule has 0 aromatic rings. The molecule has 2 fully saturated rings. The Morgan fingerprint density at radius 2 is 1.89 bits per heavy atom. The number of hydrogen-bond donors (Lipinski definition) is 1. The van der Waals surface area contributed by atoms with E-state index >= 15 is 0 Å². The van der Waals surface area contributed by atoms with Crippen molar-refractivity contribution < 1.29 is 0 Å². The fraction of sp³-hybridized carbons (Fsp3) is 1.00. The molecule has 1 heterocycles. The van der Waals surface area contributed by atoms with Gasteiger partial charge in [0.25, 0.3) is 0 Å². The molecule has 0 aromatic carbocycles. The van der Waals surface area contributed by atoms with Gasteiger partial charge in [0.2, 0.25) is 0 Å². The van der Waals surface area contributed by atoms with E-state index in [0.717, 1.165) is 29.8 Å². The van der Waals surface area contributed by atoms with Crippen LogP contribution < -0.4 is 5.32 Å². The third kappa shape index (κ3) is 4.46. The molecule has 2 rings (SSSR count). The predicted octanol–water partition coefficient (Wildman–Crippen LogP) is 3.52. The van der Waals surface area contributed by atoms with Gasteiger partial charge in [-0.1, -0.05) is 26.7 Å². The summed E-state index contributed by atoms with van der Waals surface area (Å²) in [6, 6.07) is 1.53. The predicted molar refractivity (Wildman–Crippen MR) is 83.4 cm³/mol. The molecule has 0 aromatic heterocycles. The molecule has 1 aliphatic carbocycles. The summed E-state index contributed by atoms with van der Waals surface area (Å²) in [5.41, 5.74) is 0. The van der Waals surface area contributed by atoms with Gasteiger partial charge in [-0.25, -0.2) is 0 Å². The first-order chi connectivity index (χ1) is 9.06. The van der Waals surface area contributed by atoms with Crippen LogP contribution in [0.5, 0.6) is 0 Å². The summed E-state index contributed by atoms with van der Waals surface area (Å²) in [7, 11) is 0. The van der Waals surface area contributed by atoms with Crippen molar-refractivity contribution >= 4 is 0 Å². The summed E-state index contributed by atoms with van der Waals surface area (Å²) in [6.45, 7) is 13.3. The topological polar surface area (TPSA) is 15.3 Å². The van der Waals surface area contributed by atoms with Gasteiger partial charge < -0.3 is 10.2 Å². The summed E-state index contributed by atoms with van der Waals surface area (Å²) in [5, 5.41) is 3.88. The van der Waals surface area contributed by atoms with Crippen molar-refractivity contribution in [2.75, 3.05) is 19.6 Å². The van der Waals surface area contributed by atoms with Crippen molar-refractivity contribution in [1.29, 1.82) is 0 Å². The van der Waals surface area contributed by atoms with Crippen molar-refractivity contribution in [3.8, 4) is 0 Å². The Hall–Kier alpha value is -0.0800. The molecular formula is C17H34N2. The SMILES string of the molecule is CC(C)C1CCCC(NCC2CCN(C(C)C)C2)C1. The molecular weight excluding hydrogens is 232 g/mol. The molecule has 3 unspecified atom stereocenters. The van der Waals surface area contributed by atoms with Gasteiger partial charge in [-0.15, -0.1) is 0 Å². The zero-order chi connectivity index (χ0) is 13.8. The van der Waals surface area contributed by atoms with Crippen molar-refractivity contribution in [1.82, 2.24) is 10.2 Å². The molecule has 1 N–H and O–H groups in total. The van der Waals surface area contributed by atoms with E-state index in [9.17, 15) is 0 Å². The highest BCUT2D eigenvalue weighted by atomic mass is 15.2. The second-order valence-electron chi connectivity index (χ2n) is 7.52. The molecule has 0 spiro atoms. The van der Waals surface area contributed by atoms with Crippen LogP contribution in [-0.4, -0.2) is 36.6 Å². The van der Waals surface area contributed by atoms with E-state index in [0.29, 0.717) is 0 Å². The van der Waals surface area contributed by atoms with Gasteiger partial charge in [0.05, 0.1) is 0 Å². The van der Waals surface area contributed by atoms with E-state index in [2.05, 4.69) is 37.9 Å². The van der Waals surface area contributed by atoms with Crippen molar-refractivity contribution in [2.45, 2.75) is 71.9 Å². The van der Waals surface area contributed by atoms with Crippen molar-refractivity contribution in [2.24, 2.45) is 17.8 Å². The molecule has 19 heavy (non-hydrogen) atoms. The Bertz CT molecular complexity index is 262. The zero-order valence-electron chi connectivity index (χ0n) is 13.5. The minimum absolute atomic E-state index is 0.727. The number of likely N-dealkylation sites (tertiary alicyclic amines) is 1. The van der Waals surface area contributed by atoms with Crippen LogP contribution in [0.1, 0.15) is 59.8 Å². The second kappa shape index (κ2) is 7.08. The Kier molecular flexibility index (Phi) is 5.70. The highest BCUT2D eigenvalue weighted by Crippen LogP contribution is 2.30. The normalized spacial score (nSPS) is 33.5. The van der Waals surface area contributed by atoms with Crippen LogP contribution in [0.15, 0.2) is 0 Å². The fourth-order valence-corrected chi connectivity index (χ4v) is 3.85. The first kappa shape index (κ1) is 15.3. The minimum Gasteiger partial charge on any atom is -0.314 e. The number of nitrogens with zero attached hydrogens (tertiary/aromatic N) is 1. The number of hydrogen-bond acceptors (Lipinski definition) is 2. The Morgan fingerprint density at radius 3 is 2.53 bits per heavy atom. The van der Waals surface area contributed by atoms with Crippen molar-refractivity contribution in [3.63, 3.8) is 0 Å². The molecule has 0 bridgehead atoms. The summed E-state index contributed by atoms with van der Waals surface area (Å²) < 4.78 is 0. The molecule has 0 amide bonds. The maximum atomic E-state index is 3.88. The summed E-state index contributed by atoms with van der Waals surface area (Å²) in [6.07, 6.45) is 7.11. The van der Waals surface area contributed by atoms with Crippen LogP contribution in [0.25, 0.3) is 0 Å². The number of nitrogens with one attached hydrogen (secondary N) is 1. The van der Waals surface area contributed by atoms with Gasteiger partial charge in [0, 0.05) is 18.6 Å². The van der Waals surface area contributed by atoms with Crippen LogP contribution in [0.4, 0.5) is 0 Å². The first-order valence-electron chi connectivity index (χ1n) is 8.53. The van der Waals surface area contributed by atoms with Crippen molar-refractivity contribution in [3.05, 3.63) is 0 Å². The largest absolute Gasteiger partial charge is 0.314 e. The Morgan fingerprint density at radius 1 is 1.11 bits per heavy atom. The average Bonchev–Trinajstić information content (AvgIpc) is 2.85. The van der Waals surface area contributed by atoms with Gasteiger partial charge in [0.15, 0.2) is 0 Å². The van der Waals surface area contributed by atoms with Crippen LogP contribution in [0.3, 0.4) is 0 Å². The summed E-state index contributed by atoms with van der Waals surface area (Å²) >= 11 is 0. The Labute approximate surface area is 120 Å². The highest BCUT2D eigenvalue weighted by Gasteiger charge is 2.27. The molecule has 1 aliphatic heterocycles. The van der Waals surface area contributed by atoms with Gasteiger partial charge >= 0.3 is 0 Å². The maximum absolute atomic E-state index is 3.88. The lowest BCUT2D eigenvalue weighted by Gasteiger charge is -2.33. The summed E-state index contributed by atoms with van der Waals surface area (Å²) in [5.74, 6) is 2.72. The lowest BCUT2D eigenvalue weighted by Crippen LogP contribution is -2.39. The molecule has 1 saturated heterocycles. The first-order valence-corrected chi connectivity index (χ1v) is 8.53. The Balaban J connectivity index is 1.68. The van der Waals surface area contributed by atoms with E-state index in [1.54, 1.807) is 0 Å². The van der Waals surface area contributed by atoms with E-state index in [1.807, 2.05) is 0 Å². The fourth-order valence-electron chi connectivity index (χ4n) is 3.85. The smallest absolute Gasteiger partial charge is 0.00699 e. The highest BCUT2D eigenvalue weighted by molar-refractivity contribution is 4.83. The van der Waals surface area contributed by atoms with Gasteiger partial charge in [-0.3, -0.25) is 0 Å². The second-order valence-corrected chi connectivity index (χ2v) is 7.52. The molecule has 3 atom stereocenters. The van der Waals surface area contributed by atoms with E-state index in [1.165, 1.54) is 51.7 Å². The zero-order valence-corrected chi connectivity index (χ0v) is 13.5. The minimum atomic E-state index is 0.727. The van der Waals surface area contributed by atoms with Crippen LogP contribution in [-0.2, 0) is 0 Å². The third-order valence-corrected chi connectivity index (χ3v) is 5.40. The van der Waals surface area contributed by atoms with Gasteiger partial charge in [-0.2, -0.15) is 0 Å². The lowest BCUT2D eigenvalue weighted by atomic mass is 9.79. The van der Waals surface area contributed by atoms with Crippen LogP contribution in [0.2, 0.25) is 0 Å². The van der Waals surface area contributed by atoms with Gasteiger partial charge in [-0.05, 0) is 64.0 Å². The van der Waals surface area contributed by atoms with E-state index in [-0.39, 0.29) is 0 Å². The molecule has 112 valence electrons. The van der Waals surface area contributed by atoms with E-state index in [4.69, 9.17) is 0 Å². The average molecular weight is 266 g/mol. The molecule has 1 saturated carbocycles. The van der Waals surface area contributed by atoms with E-state index < -0.39 is 0 Å².